The van der Waals surface area contributed by atoms with Gasteiger partial charge in [-0.25, -0.2) is 0 Å². The van der Waals surface area contributed by atoms with Gasteiger partial charge in [0.05, 0.1) is 5.71 Å². The van der Waals surface area contributed by atoms with Crippen molar-refractivity contribution in [2.75, 3.05) is 6.61 Å². The number of alkyl halides is 3. The first-order chi connectivity index (χ1) is 5.79. The summed E-state index contributed by atoms with van der Waals surface area (Å²) in [5, 5.41) is 3.41. The fourth-order valence-corrected chi connectivity index (χ4v) is 1.31. The molecule has 0 unspecified atom stereocenters. The first-order valence-corrected chi connectivity index (χ1v) is 4.03. The smallest absolute Gasteiger partial charge is 0.386 e. The summed E-state index contributed by atoms with van der Waals surface area (Å²) in [6.45, 7) is 2.78. The molecule has 0 heterocycles. The van der Waals surface area contributed by atoms with Crippen molar-refractivity contribution >= 4 is 5.71 Å². The van der Waals surface area contributed by atoms with Crippen LogP contribution in [0.15, 0.2) is 5.16 Å². The Labute approximate surface area is 74.7 Å². The van der Waals surface area contributed by atoms with Gasteiger partial charge in [0.2, 0.25) is 6.61 Å². The molecular formula is C8H12F3NO. The summed E-state index contributed by atoms with van der Waals surface area (Å²) in [5.74, 6) is 0. The number of oxime groups is 1. The van der Waals surface area contributed by atoms with Gasteiger partial charge in [0.1, 0.15) is 0 Å². The topological polar surface area (TPSA) is 21.6 Å². The molecule has 1 saturated carbocycles. The normalized spacial score (nSPS) is 20.8. The molecule has 1 rings (SSSR count). The Bertz CT molecular complexity index is 210. The van der Waals surface area contributed by atoms with Gasteiger partial charge in [0, 0.05) is 0 Å². The number of halogens is 3. The second-order valence-corrected chi connectivity index (χ2v) is 4.06. The molecule has 0 N–H and O–H groups in total. The van der Waals surface area contributed by atoms with Gasteiger partial charge in [-0.3, -0.25) is 0 Å². The molecule has 0 radical (unpaired) electrons. The van der Waals surface area contributed by atoms with Crippen LogP contribution in [-0.4, -0.2) is 18.5 Å². The molecule has 1 aliphatic carbocycles. The van der Waals surface area contributed by atoms with E-state index in [2.05, 4.69) is 9.99 Å². The van der Waals surface area contributed by atoms with Crippen LogP contribution >= 0.6 is 0 Å². The average Bonchev–Trinajstić information content (AvgIpc) is 1.79. The zero-order valence-corrected chi connectivity index (χ0v) is 7.61. The van der Waals surface area contributed by atoms with Crippen molar-refractivity contribution in [3.8, 4) is 0 Å². The maximum Gasteiger partial charge on any atom is 0.425 e. The fourth-order valence-electron chi connectivity index (χ4n) is 1.31. The summed E-state index contributed by atoms with van der Waals surface area (Å²) in [6, 6.07) is 0. The Hall–Kier alpha value is -0.740. The summed E-state index contributed by atoms with van der Waals surface area (Å²) in [5.41, 5.74) is 0.898. The van der Waals surface area contributed by atoms with Crippen LogP contribution in [0.25, 0.3) is 0 Å². The molecule has 2 nitrogen and oxygen atoms in total. The lowest BCUT2D eigenvalue weighted by Crippen LogP contribution is -2.32. The molecule has 0 aliphatic heterocycles. The molecule has 0 spiro atoms. The lowest BCUT2D eigenvalue weighted by molar-refractivity contribution is -0.174. The Balaban J connectivity index is 2.21. The molecular weight excluding hydrogens is 183 g/mol. The van der Waals surface area contributed by atoms with Gasteiger partial charge in [-0.05, 0) is 18.3 Å². The molecule has 13 heavy (non-hydrogen) atoms. The van der Waals surface area contributed by atoms with Crippen molar-refractivity contribution in [2.24, 2.45) is 10.6 Å². The van der Waals surface area contributed by atoms with Gasteiger partial charge in [-0.15, -0.1) is 0 Å². The second-order valence-electron chi connectivity index (χ2n) is 4.06. The Morgan fingerprint density at radius 3 is 2.31 bits per heavy atom. The monoisotopic (exact) mass is 195 g/mol. The summed E-state index contributed by atoms with van der Waals surface area (Å²) in [6.07, 6.45) is -2.83. The maximum absolute atomic E-state index is 11.6. The molecule has 1 fully saturated rings. The Kier molecular flexibility index (Phi) is 2.54. The van der Waals surface area contributed by atoms with E-state index in [1.165, 1.54) is 0 Å². The molecule has 0 saturated heterocycles. The van der Waals surface area contributed by atoms with E-state index in [4.69, 9.17) is 0 Å². The van der Waals surface area contributed by atoms with Gasteiger partial charge in [-0.2, -0.15) is 13.2 Å². The van der Waals surface area contributed by atoms with Crippen LogP contribution in [0.4, 0.5) is 13.2 Å². The molecule has 0 amide bonds. The van der Waals surface area contributed by atoms with E-state index in [-0.39, 0.29) is 5.41 Å². The van der Waals surface area contributed by atoms with Crippen LogP contribution in [0, 0.1) is 5.41 Å². The highest BCUT2D eigenvalue weighted by Crippen LogP contribution is 2.37. The Morgan fingerprint density at radius 2 is 1.92 bits per heavy atom. The van der Waals surface area contributed by atoms with E-state index in [1.807, 2.05) is 13.8 Å². The second kappa shape index (κ2) is 3.20. The Morgan fingerprint density at radius 1 is 1.38 bits per heavy atom. The van der Waals surface area contributed by atoms with E-state index in [0.717, 1.165) is 12.8 Å². The zero-order chi connectivity index (χ0) is 10.1. The van der Waals surface area contributed by atoms with E-state index < -0.39 is 12.8 Å². The highest BCUT2D eigenvalue weighted by Gasteiger charge is 2.34. The van der Waals surface area contributed by atoms with Crippen LogP contribution in [0.5, 0.6) is 0 Å². The number of rotatable bonds is 2. The third-order valence-electron chi connectivity index (χ3n) is 1.79. The van der Waals surface area contributed by atoms with E-state index >= 15 is 0 Å². The quantitative estimate of drug-likeness (QED) is 0.621. The van der Waals surface area contributed by atoms with Crippen molar-refractivity contribution in [3.63, 3.8) is 0 Å². The van der Waals surface area contributed by atoms with Crippen LogP contribution in [0.3, 0.4) is 0 Å². The van der Waals surface area contributed by atoms with Gasteiger partial charge >= 0.3 is 6.18 Å². The molecule has 0 aromatic heterocycles. The van der Waals surface area contributed by atoms with Crippen molar-refractivity contribution in [1.82, 2.24) is 0 Å². The fraction of sp³-hybridized carbons (Fsp3) is 0.875. The lowest BCUT2D eigenvalue weighted by atomic mass is 9.71. The van der Waals surface area contributed by atoms with E-state index in [9.17, 15) is 13.2 Å². The highest BCUT2D eigenvalue weighted by molar-refractivity contribution is 5.90. The summed E-state index contributed by atoms with van der Waals surface area (Å²) >= 11 is 0. The number of hydrogen-bond acceptors (Lipinski definition) is 2. The standard InChI is InChI=1S/C8H12F3NO/c1-7(2)3-6(4-7)12-13-5-8(9,10)11/h3-5H2,1-2H3. The average molecular weight is 195 g/mol. The SMILES string of the molecule is CC1(C)CC(=NOCC(F)(F)F)C1. The van der Waals surface area contributed by atoms with Crippen LogP contribution in [0.1, 0.15) is 26.7 Å². The summed E-state index contributed by atoms with van der Waals surface area (Å²) in [4.78, 5) is 4.16. The zero-order valence-electron chi connectivity index (χ0n) is 7.61. The first-order valence-electron chi connectivity index (χ1n) is 4.03. The number of hydrogen-bond donors (Lipinski definition) is 0. The minimum absolute atomic E-state index is 0.181. The van der Waals surface area contributed by atoms with Gasteiger partial charge < -0.3 is 4.84 Å². The van der Waals surface area contributed by atoms with E-state index in [1.54, 1.807) is 0 Å². The summed E-state index contributed by atoms with van der Waals surface area (Å²) in [7, 11) is 0. The van der Waals surface area contributed by atoms with Gasteiger partial charge in [-0.1, -0.05) is 19.0 Å². The van der Waals surface area contributed by atoms with Crippen LogP contribution < -0.4 is 0 Å². The van der Waals surface area contributed by atoms with Crippen molar-refractivity contribution < 1.29 is 18.0 Å². The maximum atomic E-state index is 11.6. The van der Waals surface area contributed by atoms with E-state index in [0.29, 0.717) is 5.71 Å². The lowest BCUT2D eigenvalue weighted by Gasteiger charge is -2.35. The van der Waals surface area contributed by atoms with Crippen molar-refractivity contribution in [1.29, 1.82) is 0 Å². The predicted octanol–water partition coefficient (Wildman–Crippen LogP) is 2.74. The van der Waals surface area contributed by atoms with Crippen LogP contribution in [-0.2, 0) is 4.84 Å². The number of nitrogens with zero attached hydrogens (tertiary/aromatic N) is 1. The third kappa shape index (κ3) is 3.65. The molecule has 0 bridgehead atoms. The predicted molar refractivity (Wildman–Crippen MR) is 42.5 cm³/mol. The van der Waals surface area contributed by atoms with Crippen molar-refractivity contribution in [3.05, 3.63) is 0 Å². The van der Waals surface area contributed by atoms with Crippen molar-refractivity contribution in [2.45, 2.75) is 32.9 Å². The minimum atomic E-state index is -4.29. The first kappa shape index (κ1) is 10.3. The molecule has 0 atom stereocenters. The third-order valence-corrected chi connectivity index (χ3v) is 1.79. The van der Waals surface area contributed by atoms with Gasteiger partial charge in [0.25, 0.3) is 0 Å². The summed E-state index contributed by atoms with van der Waals surface area (Å²) < 4.78 is 34.8. The highest BCUT2D eigenvalue weighted by atomic mass is 19.4. The molecule has 0 aromatic carbocycles. The minimum Gasteiger partial charge on any atom is -0.386 e. The molecule has 76 valence electrons. The van der Waals surface area contributed by atoms with Gasteiger partial charge in [0.15, 0.2) is 0 Å². The molecule has 5 heteroatoms. The van der Waals surface area contributed by atoms with Crippen LogP contribution in [0.2, 0.25) is 0 Å². The molecule has 1 aliphatic rings. The molecule has 0 aromatic rings. The largest absolute Gasteiger partial charge is 0.425 e.